The monoisotopic (exact) mass is 463 g/mol. The van der Waals surface area contributed by atoms with E-state index in [2.05, 4.69) is 0 Å². The summed E-state index contributed by atoms with van der Waals surface area (Å²) in [4.78, 5) is 39.9. The minimum atomic E-state index is -0.689. The summed E-state index contributed by atoms with van der Waals surface area (Å²) >= 11 is 0. The first-order valence-corrected chi connectivity index (χ1v) is 11.5. The highest BCUT2D eigenvalue weighted by Crippen LogP contribution is 2.43. The van der Waals surface area contributed by atoms with Crippen molar-refractivity contribution in [1.29, 1.82) is 0 Å². The molecule has 0 spiro atoms. The molecule has 176 valence electrons. The zero-order chi connectivity index (χ0) is 24.4. The number of carbonyl (C=O) groups excluding carboxylic acids is 3. The fourth-order valence-electron chi connectivity index (χ4n) is 4.46. The highest BCUT2D eigenvalue weighted by molar-refractivity contribution is 6.37. The number of anilines is 1. The molecule has 0 aromatic heterocycles. The standard InChI is InChI=1S/C27H26FNO5/c1-4-9-19-18-10-7-8-11-20(18)25(34-6-3)24-23(19)26(31)29(27(24)32)17-13-12-16(21(28)15-17)14-22(30)33-5-2/h7-8,10-13,15H,4-6,9,14H2,1-3H3. The van der Waals surface area contributed by atoms with Gasteiger partial charge in [-0.3, -0.25) is 14.4 Å². The molecule has 34 heavy (non-hydrogen) atoms. The first kappa shape index (κ1) is 23.4. The molecule has 1 aliphatic rings. The van der Waals surface area contributed by atoms with Crippen LogP contribution in [0.5, 0.6) is 5.75 Å². The van der Waals surface area contributed by atoms with Gasteiger partial charge in [-0.05, 0) is 48.9 Å². The van der Waals surface area contributed by atoms with Crippen LogP contribution in [-0.2, 0) is 22.4 Å². The molecule has 2 amide bonds. The van der Waals surface area contributed by atoms with Crippen molar-refractivity contribution in [2.75, 3.05) is 18.1 Å². The molecule has 0 aliphatic carbocycles. The van der Waals surface area contributed by atoms with Crippen LogP contribution in [0.3, 0.4) is 0 Å². The summed E-state index contributed by atoms with van der Waals surface area (Å²) in [5, 5.41) is 1.64. The van der Waals surface area contributed by atoms with Crippen molar-refractivity contribution in [2.45, 2.75) is 40.0 Å². The third-order valence-electron chi connectivity index (χ3n) is 5.83. The van der Waals surface area contributed by atoms with Crippen LogP contribution in [0.2, 0.25) is 0 Å². The molecule has 0 N–H and O–H groups in total. The molecular formula is C27H26FNO5. The molecule has 0 bridgehead atoms. The molecule has 7 heteroatoms. The van der Waals surface area contributed by atoms with Crippen molar-refractivity contribution in [1.82, 2.24) is 0 Å². The summed E-state index contributed by atoms with van der Waals surface area (Å²) < 4.78 is 25.6. The van der Waals surface area contributed by atoms with Crippen LogP contribution in [0.15, 0.2) is 42.5 Å². The third-order valence-corrected chi connectivity index (χ3v) is 5.83. The first-order valence-electron chi connectivity index (χ1n) is 11.5. The first-order chi connectivity index (χ1) is 16.4. The van der Waals surface area contributed by atoms with Crippen molar-refractivity contribution in [2.24, 2.45) is 0 Å². The second-order valence-corrected chi connectivity index (χ2v) is 7.99. The van der Waals surface area contributed by atoms with Crippen LogP contribution in [0, 0.1) is 5.82 Å². The molecule has 0 fully saturated rings. The molecule has 1 aliphatic heterocycles. The Hall–Kier alpha value is -3.74. The Morgan fingerprint density at radius 2 is 1.65 bits per heavy atom. The van der Waals surface area contributed by atoms with Crippen molar-refractivity contribution < 1.29 is 28.2 Å². The van der Waals surface area contributed by atoms with Crippen molar-refractivity contribution in [3.8, 4) is 5.75 Å². The van der Waals surface area contributed by atoms with Gasteiger partial charge in [0.15, 0.2) is 0 Å². The predicted molar refractivity (Wildman–Crippen MR) is 127 cm³/mol. The number of hydrogen-bond donors (Lipinski definition) is 0. The molecule has 0 radical (unpaired) electrons. The van der Waals surface area contributed by atoms with Gasteiger partial charge in [-0.1, -0.05) is 43.7 Å². The Balaban J connectivity index is 1.84. The summed E-state index contributed by atoms with van der Waals surface area (Å²) in [6.45, 7) is 6.02. The molecule has 0 saturated heterocycles. The molecule has 6 nitrogen and oxygen atoms in total. The second-order valence-electron chi connectivity index (χ2n) is 7.99. The van der Waals surface area contributed by atoms with Crippen LogP contribution in [0.25, 0.3) is 10.8 Å². The van der Waals surface area contributed by atoms with E-state index in [0.717, 1.165) is 33.7 Å². The van der Waals surface area contributed by atoms with Crippen LogP contribution in [-0.4, -0.2) is 31.0 Å². The average Bonchev–Trinajstić information content (AvgIpc) is 3.07. The van der Waals surface area contributed by atoms with Gasteiger partial charge in [-0.2, -0.15) is 0 Å². The number of fused-ring (bicyclic) bond motifs is 2. The maximum Gasteiger partial charge on any atom is 0.310 e. The lowest BCUT2D eigenvalue weighted by Crippen LogP contribution is -2.29. The van der Waals surface area contributed by atoms with E-state index in [1.54, 1.807) is 6.92 Å². The lowest BCUT2D eigenvalue weighted by atomic mass is 9.91. The van der Waals surface area contributed by atoms with Crippen molar-refractivity contribution >= 4 is 34.2 Å². The number of hydrogen-bond acceptors (Lipinski definition) is 5. The summed E-state index contributed by atoms with van der Waals surface area (Å²) in [7, 11) is 0. The van der Waals surface area contributed by atoms with Crippen LogP contribution >= 0.6 is 0 Å². The van der Waals surface area contributed by atoms with Gasteiger partial charge in [-0.25, -0.2) is 9.29 Å². The van der Waals surface area contributed by atoms with Crippen LogP contribution < -0.4 is 9.64 Å². The number of esters is 1. The van der Waals surface area contributed by atoms with E-state index in [0.29, 0.717) is 24.3 Å². The summed E-state index contributed by atoms with van der Waals surface area (Å²) in [5.41, 5.74) is 1.54. The normalized spacial score (nSPS) is 12.9. The third kappa shape index (κ3) is 3.91. The number of imide groups is 1. The van der Waals surface area contributed by atoms with Gasteiger partial charge in [-0.15, -0.1) is 0 Å². The van der Waals surface area contributed by atoms with Gasteiger partial charge >= 0.3 is 5.97 Å². The SMILES string of the molecule is CCCc1c2c(c(OCC)c3ccccc13)C(=O)N(c1ccc(CC(=O)OCC)c(F)c1)C2=O. The number of halogens is 1. The van der Waals surface area contributed by atoms with E-state index in [-0.39, 0.29) is 29.8 Å². The van der Waals surface area contributed by atoms with Gasteiger partial charge in [0.2, 0.25) is 0 Å². The number of benzene rings is 3. The van der Waals surface area contributed by atoms with E-state index in [1.807, 2.05) is 38.1 Å². The highest BCUT2D eigenvalue weighted by atomic mass is 19.1. The molecule has 0 atom stereocenters. The van der Waals surface area contributed by atoms with Gasteiger partial charge in [0.25, 0.3) is 11.8 Å². The van der Waals surface area contributed by atoms with E-state index < -0.39 is 23.6 Å². The Morgan fingerprint density at radius 3 is 2.29 bits per heavy atom. The Labute approximate surface area is 197 Å². The zero-order valence-corrected chi connectivity index (χ0v) is 19.4. The van der Waals surface area contributed by atoms with Gasteiger partial charge in [0, 0.05) is 5.39 Å². The van der Waals surface area contributed by atoms with Gasteiger partial charge < -0.3 is 9.47 Å². The van der Waals surface area contributed by atoms with Crippen molar-refractivity contribution in [3.05, 3.63) is 70.5 Å². The van der Waals surface area contributed by atoms with E-state index in [4.69, 9.17) is 9.47 Å². The lowest BCUT2D eigenvalue weighted by molar-refractivity contribution is -0.142. The highest BCUT2D eigenvalue weighted by Gasteiger charge is 2.42. The van der Waals surface area contributed by atoms with Crippen molar-refractivity contribution in [3.63, 3.8) is 0 Å². The maximum atomic E-state index is 14.8. The smallest absolute Gasteiger partial charge is 0.310 e. The molecule has 0 saturated carbocycles. The quantitative estimate of drug-likeness (QED) is 0.338. The van der Waals surface area contributed by atoms with E-state index in [9.17, 15) is 18.8 Å². The average molecular weight is 464 g/mol. The fourth-order valence-corrected chi connectivity index (χ4v) is 4.46. The number of amides is 2. The molecule has 0 unspecified atom stereocenters. The van der Waals surface area contributed by atoms with E-state index >= 15 is 0 Å². The van der Waals surface area contributed by atoms with Crippen LogP contribution in [0.1, 0.15) is 59.0 Å². The molecular weight excluding hydrogens is 437 g/mol. The Morgan fingerprint density at radius 1 is 0.941 bits per heavy atom. The topological polar surface area (TPSA) is 72.9 Å². The van der Waals surface area contributed by atoms with Gasteiger partial charge in [0.05, 0.1) is 36.4 Å². The molecule has 4 rings (SSSR count). The Kier molecular flexibility index (Phi) is 6.63. The van der Waals surface area contributed by atoms with E-state index in [1.165, 1.54) is 12.1 Å². The largest absolute Gasteiger partial charge is 0.492 e. The minimum absolute atomic E-state index is 0.102. The minimum Gasteiger partial charge on any atom is -0.492 e. The summed E-state index contributed by atoms with van der Waals surface area (Å²) in [6, 6.07) is 11.5. The number of carbonyl (C=O) groups is 3. The predicted octanol–water partition coefficient (Wildman–Crippen LogP) is 5.24. The summed E-state index contributed by atoms with van der Waals surface area (Å²) in [5.74, 6) is -1.93. The van der Waals surface area contributed by atoms with Gasteiger partial charge in [0.1, 0.15) is 11.6 Å². The molecule has 1 heterocycles. The Bertz CT molecular complexity index is 1240. The lowest BCUT2D eigenvalue weighted by Gasteiger charge is -2.15. The fraction of sp³-hybridized carbons (Fsp3) is 0.296. The van der Waals surface area contributed by atoms with Crippen LogP contribution in [0.4, 0.5) is 10.1 Å². The number of ether oxygens (including phenoxy) is 2. The number of aryl methyl sites for hydroxylation is 1. The second kappa shape index (κ2) is 9.63. The zero-order valence-electron chi connectivity index (χ0n) is 19.4. The number of nitrogens with zero attached hydrogens (tertiary/aromatic N) is 1. The molecule has 3 aromatic rings. The maximum absolute atomic E-state index is 14.8. The summed E-state index contributed by atoms with van der Waals surface area (Å²) in [6.07, 6.45) is 1.15. The molecule has 3 aromatic carbocycles. The number of rotatable bonds is 8.